The van der Waals surface area contributed by atoms with Crippen molar-refractivity contribution in [1.29, 1.82) is 0 Å². The Morgan fingerprint density at radius 3 is 2.63 bits per heavy atom. The number of alkyl halides is 1. The first-order valence-electron chi connectivity index (χ1n) is 7.09. The number of fused-ring (bicyclic) bond motifs is 2. The highest BCUT2D eigenvalue weighted by Crippen LogP contribution is 2.39. The monoisotopic (exact) mass is 325 g/mol. The number of piperidine rings is 1. The largest absolute Gasteiger partial charge is 0.332 e. The van der Waals surface area contributed by atoms with Crippen LogP contribution in [0.1, 0.15) is 48.7 Å². The molecule has 1 aromatic heterocycles. The van der Waals surface area contributed by atoms with Crippen LogP contribution in [0.2, 0.25) is 0 Å². The minimum Gasteiger partial charge on any atom is -0.332 e. The maximum Gasteiger partial charge on any atom is 0.257 e. The summed E-state index contributed by atoms with van der Waals surface area (Å²) in [7, 11) is 1.88. The van der Waals surface area contributed by atoms with Gasteiger partial charge in [-0.05, 0) is 32.1 Å². The molecule has 2 atom stereocenters. The first-order valence-corrected chi connectivity index (χ1v) is 8.01. The molecule has 3 heterocycles. The molecule has 2 aliphatic heterocycles. The number of hydrogen-bond acceptors (Lipinski definition) is 2. The molecule has 3 rings (SSSR count). The number of carbonyl (C=O) groups excluding carboxylic acids is 1. The number of aryl methyl sites for hydroxylation is 2. The smallest absolute Gasteiger partial charge is 0.257 e. The molecule has 0 aromatic carbocycles. The molecule has 2 unspecified atom stereocenters. The van der Waals surface area contributed by atoms with E-state index in [0.29, 0.717) is 16.9 Å². The van der Waals surface area contributed by atoms with Crippen LogP contribution in [0.5, 0.6) is 0 Å². The van der Waals surface area contributed by atoms with Gasteiger partial charge in [0, 0.05) is 30.2 Å². The molecule has 2 fully saturated rings. The first kappa shape index (κ1) is 13.2. The van der Waals surface area contributed by atoms with E-state index >= 15 is 0 Å². The number of hydrogen-bond donors (Lipinski definition) is 0. The van der Waals surface area contributed by atoms with Crippen LogP contribution in [-0.2, 0) is 13.5 Å². The van der Waals surface area contributed by atoms with Crippen molar-refractivity contribution >= 4 is 21.8 Å². The van der Waals surface area contributed by atoms with Gasteiger partial charge in [0.15, 0.2) is 0 Å². The van der Waals surface area contributed by atoms with Crippen LogP contribution in [0.3, 0.4) is 0 Å². The molecule has 4 nitrogen and oxygen atoms in total. The van der Waals surface area contributed by atoms with E-state index in [1.165, 1.54) is 0 Å². The van der Waals surface area contributed by atoms with E-state index in [4.69, 9.17) is 0 Å². The molecule has 0 spiro atoms. The van der Waals surface area contributed by atoms with E-state index in [9.17, 15) is 4.79 Å². The predicted molar refractivity (Wildman–Crippen MR) is 77.5 cm³/mol. The number of halogens is 1. The number of nitrogens with zero attached hydrogens (tertiary/aromatic N) is 3. The molecule has 2 bridgehead atoms. The molecular formula is C14H20BrN3O. The first-order chi connectivity index (χ1) is 9.10. The van der Waals surface area contributed by atoms with Crippen molar-refractivity contribution in [2.75, 3.05) is 0 Å². The van der Waals surface area contributed by atoms with Crippen LogP contribution in [0, 0.1) is 0 Å². The topological polar surface area (TPSA) is 38.1 Å². The molecule has 2 aliphatic rings. The van der Waals surface area contributed by atoms with Gasteiger partial charge in [0.05, 0.1) is 11.3 Å². The lowest BCUT2D eigenvalue weighted by Gasteiger charge is -2.37. The van der Waals surface area contributed by atoms with Crippen LogP contribution in [0.25, 0.3) is 0 Å². The van der Waals surface area contributed by atoms with Gasteiger partial charge in [-0.2, -0.15) is 5.10 Å². The second-order valence-corrected chi connectivity index (χ2v) is 6.98. The molecule has 0 aliphatic carbocycles. The highest BCUT2D eigenvalue weighted by Gasteiger charge is 2.43. The number of carbonyl (C=O) groups is 1. The van der Waals surface area contributed by atoms with Gasteiger partial charge < -0.3 is 4.90 Å². The molecule has 1 amide bonds. The highest BCUT2D eigenvalue weighted by atomic mass is 79.9. The fraction of sp³-hybridized carbons (Fsp3) is 0.714. The Hall–Kier alpha value is -0.840. The molecule has 0 N–H and O–H groups in total. The minimum atomic E-state index is 0.192. The summed E-state index contributed by atoms with van der Waals surface area (Å²) < 4.78 is 1.76. The van der Waals surface area contributed by atoms with E-state index in [-0.39, 0.29) is 5.91 Å². The van der Waals surface area contributed by atoms with Crippen molar-refractivity contribution in [2.45, 2.75) is 55.9 Å². The SMILES string of the molecule is CCc1nn(C)cc1C(=O)N1C2CCC1CC(Br)C2. The van der Waals surface area contributed by atoms with E-state index in [1.54, 1.807) is 4.68 Å². The lowest BCUT2D eigenvalue weighted by molar-refractivity contribution is 0.0602. The van der Waals surface area contributed by atoms with Gasteiger partial charge in [0.1, 0.15) is 0 Å². The van der Waals surface area contributed by atoms with Crippen molar-refractivity contribution in [3.63, 3.8) is 0 Å². The Balaban J connectivity index is 1.88. The Morgan fingerprint density at radius 1 is 1.42 bits per heavy atom. The van der Waals surface area contributed by atoms with Gasteiger partial charge in [-0.3, -0.25) is 9.48 Å². The standard InChI is InChI=1S/C14H20BrN3O/c1-3-13-12(8-17(2)16-13)14(19)18-10-4-5-11(18)7-9(15)6-10/h8-11H,3-7H2,1-2H3. The van der Waals surface area contributed by atoms with Crippen LogP contribution in [-0.4, -0.2) is 37.5 Å². The predicted octanol–water partition coefficient (Wildman–Crippen LogP) is 2.51. The second-order valence-electron chi connectivity index (χ2n) is 5.68. The lowest BCUT2D eigenvalue weighted by Crippen LogP contribution is -2.47. The minimum absolute atomic E-state index is 0.192. The van der Waals surface area contributed by atoms with Crippen molar-refractivity contribution < 1.29 is 4.79 Å². The normalized spacial score (nSPS) is 29.8. The van der Waals surface area contributed by atoms with Gasteiger partial charge >= 0.3 is 0 Å². The summed E-state index contributed by atoms with van der Waals surface area (Å²) in [6.07, 6.45) is 7.17. The van der Waals surface area contributed by atoms with Gasteiger partial charge in [-0.15, -0.1) is 0 Å². The van der Waals surface area contributed by atoms with Crippen LogP contribution in [0.4, 0.5) is 0 Å². The van der Waals surface area contributed by atoms with Crippen molar-refractivity contribution in [3.8, 4) is 0 Å². The van der Waals surface area contributed by atoms with Gasteiger partial charge in [0.25, 0.3) is 5.91 Å². The van der Waals surface area contributed by atoms with Gasteiger partial charge in [-0.25, -0.2) is 0 Å². The maximum absolute atomic E-state index is 12.8. The lowest BCUT2D eigenvalue weighted by atomic mass is 10.0. The molecule has 1 aromatic rings. The van der Waals surface area contributed by atoms with Crippen LogP contribution < -0.4 is 0 Å². The molecule has 0 saturated carbocycles. The molecule has 104 valence electrons. The van der Waals surface area contributed by atoms with Gasteiger partial charge in [-0.1, -0.05) is 22.9 Å². The fourth-order valence-corrected chi connectivity index (χ4v) is 4.42. The van der Waals surface area contributed by atoms with Crippen molar-refractivity contribution in [2.24, 2.45) is 7.05 Å². The van der Waals surface area contributed by atoms with Crippen LogP contribution >= 0.6 is 15.9 Å². The Morgan fingerprint density at radius 2 is 2.05 bits per heavy atom. The molecule has 19 heavy (non-hydrogen) atoms. The third-order valence-electron chi connectivity index (χ3n) is 4.38. The van der Waals surface area contributed by atoms with Gasteiger partial charge in [0.2, 0.25) is 0 Å². The zero-order valence-electron chi connectivity index (χ0n) is 11.5. The summed E-state index contributed by atoms with van der Waals surface area (Å²) in [4.78, 5) is 15.5. The Bertz CT molecular complexity index is 485. The summed E-state index contributed by atoms with van der Waals surface area (Å²) in [6, 6.07) is 0.834. The molecular weight excluding hydrogens is 306 g/mol. The second kappa shape index (κ2) is 4.93. The van der Waals surface area contributed by atoms with E-state index in [0.717, 1.165) is 43.4 Å². The summed E-state index contributed by atoms with van der Waals surface area (Å²) in [5.41, 5.74) is 1.72. The van der Waals surface area contributed by atoms with Crippen molar-refractivity contribution in [3.05, 3.63) is 17.5 Å². The van der Waals surface area contributed by atoms with Crippen LogP contribution in [0.15, 0.2) is 6.20 Å². The zero-order valence-corrected chi connectivity index (χ0v) is 13.1. The summed E-state index contributed by atoms with van der Waals surface area (Å²) in [5, 5.41) is 4.39. The molecule has 2 saturated heterocycles. The average Bonchev–Trinajstić information content (AvgIpc) is 2.87. The summed E-state index contributed by atoms with van der Waals surface area (Å²) in [5.74, 6) is 0.192. The van der Waals surface area contributed by atoms with Crippen molar-refractivity contribution in [1.82, 2.24) is 14.7 Å². The maximum atomic E-state index is 12.8. The number of aromatic nitrogens is 2. The summed E-state index contributed by atoms with van der Waals surface area (Å²) >= 11 is 3.72. The highest BCUT2D eigenvalue weighted by molar-refractivity contribution is 9.09. The third-order valence-corrected chi connectivity index (χ3v) is 5.13. The summed E-state index contributed by atoms with van der Waals surface area (Å²) in [6.45, 7) is 2.05. The molecule has 0 radical (unpaired) electrons. The molecule has 5 heteroatoms. The quantitative estimate of drug-likeness (QED) is 0.783. The average molecular weight is 326 g/mol. The Labute approximate surface area is 122 Å². The third kappa shape index (κ3) is 2.22. The fourth-order valence-electron chi connectivity index (χ4n) is 3.56. The Kier molecular flexibility index (Phi) is 3.41. The van der Waals surface area contributed by atoms with E-state index in [1.807, 2.05) is 13.2 Å². The number of rotatable bonds is 2. The zero-order chi connectivity index (χ0) is 13.6. The number of amides is 1. The van der Waals surface area contributed by atoms with E-state index in [2.05, 4.69) is 32.9 Å². The van der Waals surface area contributed by atoms with E-state index < -0.39 is 0 Å².